The molecule has 0 fully saturated rings. The topological polar surface area (TPSA) is 156 Å². The Labute approximate surface area is 238 Å². The smallest absolute Gasteiger partial charge is 0.326 e. The number of fused-ring (bicyclic) bond motifs is 1. The lowest BCUT2D eigenvalue weighted by Gasteiger charge is -2.23. The third-order valence-corrected chi connectivity index (χ3v) is 7.58. The maximum absolute atomic E-state index is 13.4. The fraction of sp³-hybridized carbons (Fsp3) is 0.143. The van der Waals surface area contributed by atoms with E-state index >= 15 is 0 Å². The van der Waals surface area contributed by atoms with Gasteiger partial charge in [0.1, 0.15) is 12.4 Å². The highest BCUT2D eigenvalue weighted by molar-refractivity contribution is 7.92. The minimum atomic E-state index is -4.19. The number of anilines is 1. The van der Waals surface area contributed by atoms with E-state index in [-0.39, 0.29) is 48.0 Å². The summed E-state index contributed by atoms with van der Waals surface area (Å²) in [4.78, 5) is 29.3. The number of amides is 1. The Morgan fingerprint density at radius 1 is 1.02 bits per heavy atom. The average molecular weight is 582 g/mol. The van der Waals surface area contributed by atoms with Gasteiger partial charge in [-0.05, 0) is 53.6 Å². The molecule has 1 aromatic heterocycles. The molecular formula is C28H28ClN5O5S. The van der Waals surface area contributed by atoms with Gasteiger partial charge in [0.25, 0.3) is 15.9 Å². The summed E-state index contributed by atoms with van der Waals surface area (Å²) in [5.41, 5.74) is 7.55. The lowest BCUT2D eigenvalue weighted by atomic mass is 10.0. The van der Waals surface area contributed by atoms with Crippen molar-refractivity contribution >= 4 is 56.6 Å². The summed E-state index contributed by atoms with van der Waals surface area (Å²) in [5, 5.41) is 11.4. The highest BCUT2D eigenvalue weighted by atomic mass is 35.5. The van der Waals surface area contributed by atoms with E-state index in [4.69, 9.17) is 15.9 Å². The van der Waals surface area contributed by atoms with Crippen molar-refractivity contribution in [1.29, 1.82) is 5.41 Å². The molecule has 4 N–H and O–H groups in total. The number of ether oxygens (including phenoxy) is 1. The van der Waals surface area contributed by atoms with Crippen molar-refractivity contribution in [2.45, 2.75) is 18.5 Å². The molecule has 4 rings (SSSR count). The zero-order valence-electron chi connectivity index (χ0n) is 21.5. The molecule has 0 atom stereocenters. The van der Waals surface area contributed by atoms with Crippen molar-refractivity contribution < 1.29 is 22.7 Å². The maximum atomic E-state index is 13.4. The Kier molecular flexibility index (Phi) is 9.81. The Bertz CT molecular complexity index is 1630. The molecule has 0 aliphatic carbocycles. The average Bonchev–Trinajstić information content (AvgIpc) is 2.94. The van der Waals surface area contributed by atoms with E-state index in [2.05, 4.69) is 10.3 Å². The largest absolute Gasteiger partial charge is 0.465 e. The number of pyridine rings is 1. The molecule has 0 spiro atoms. The van der Waals surface area contributed by atoms with Crippen molar-refractivity contribution in [3.05, 3.63) is 102 Å². The first-order valence-corrected chi connectivity index (χ1v) is 13.5. The Morgan fingerprint density at radius 2 is 1.77 bits per heavy atom. The van der Waals surface area contributed by atoms with E-state index in [0.717, 1.165) is 9.87 Å². The van der Waals surface area contributed by atoms with Crippen LogP contribution in [-0.2, 0) is 26.1 Å². The molecule has 1 amide bonds. The third kappa shape index (κ3) is 6.74. The van der Waals surface area contributed by atoms with E-state index < -0.39 is 22.5 Å². The molecule has 40 heavy (non-hydrogen) atoms. The third-order valence-electron chi connectivity index (χ3n) is 5.88. The van der Waals surface area contributed by atoms with Crippen LogP contribution in [0.5, 0.6) is 0 Å². The number of aromatic nitrogens is 1. The molecule has 3 aromatic carbocycles. The normalized spacial score (nSPS) is 10.8. The molecule has 0 saturated heterocycles. The van der Waals surface area contributed by atoms with Crippen LogP contribution in [0.2, 0.25) is 0 Å². The van der Waals surface area contributed by atoms with Crippen LogP contribution in [-0.4, -0.2) is 44.3 Å². The molecule has 0 aliphatic heterocycles. The zero-order valence-corrected chi connectivity index (χ0v) is 23.2. The number of nitrogens with zero attached hydrogens (tertiary/aromatic N) is 2. The van der Waals surface area contributed by atoms with Crippen LogP contribution in [0, 0.1) is 5.41 Å². The summed E-state index contributed by atoms with van der Waals surface area (Å²) in [7, 11) is -4.19. The standard InChI is InChI=1S/C28H27N5O5S.ClH/c1-2-38-26(34)18-33(39(36,37)25-8-3-4-15-31-25)22-13-14-23-21(16-22)6-5-7-24(23)28(35)32-17-19-9-11-20(12-10-19)27(29)30;/h3-16H,2,17-18H2,1H3,(H3,29,30)(H,32,35);1H. The van der Waals surface area contributed by atoms with Crippen molar-refractivity contribution in [2.24, 2.45) is 5.73 Å². The van der Waals surface area contributed by atoms with Crippen LogP contribution >= 0.6 is 12.4 Å². The van der Waals surface area contributed by atoms with Gasteiger partial charge in [0, 0.05) is 23.9 Å². The molecule has 0 aliphatic rings. The SMILES string of the molecule is CCOC(=O)CN(c1ccc2c(C(=O)NCc3ccc(C(=N)N)cc3)cccc2c1)S(=O)(=O)c1ccccn1.Cl. The number of amidine groups is 1. The van der Waals surface area contributed by atoms with E-state index in [9.17, 15) is 18.0 Å². The van der Waals surface area contributed by atoms with Gasteiger partial charge in [-0.2, -0.15) is 8.42 Å². The molecular weight excluding hydrogens is 554 g/mol. The number of hydrogen-bond acceptors (Lipinski definition) is 7. The predicted molar refractivity (Wildman–Crippen MR) is 155 cm³/mol. The maximum Gasteiger partial charge on any atom is 0.326 e. The van der Waals surface area contributed by atoms with Gasteiger partial charge in [-0.15, -0.1) is 12.4 Å². The fourth-order valence-corrected chi connectivity index (χ4v) is 5.29. The highest BCUT2D eigenvalue weighted by Gasteiger charge is 2.29. The number of carbonyl (C=O) groups is 2. The molecule has 1 heterocycles. The van der Waals surface area contributed by atoms with Crippen LogP contribution in [0.3, 0.4) is 0 Å². The number of carbonyl (C=O) groups excluding carboxylic acids is 2. The van der Waals surface area contributed by atoms with E-state index in [0.29, 0.717) is 21.9 Å². The highest BCUT2D eigenvalue weighted by Crippen LogP contribution is 2.28. The number of nitrogens with two attached hydrogens (primary N) is 1. The van der Waals surface area contributed by atoms with Gasteiger partial charge < -0.3 is 15.8 Å². The summed E-state index contributed by atoms with van der Waals surface area (Å²) in [6.07, 6.45) is 1.36. The summed E-state index contributed by atoms with van der Waals surface area (Å²) in [6, 6.07) is 21.4. The van der Waals surface area contributed by atoms with Crippen LogP contribution in [0.15, 0.2) is 90.1 Å². The second kappa shape index (κ2) is 13.0. The predicted octanol–water partition coefficient (Wildman–Crippen LogP) is 3.63. The minimum Gasteiger partial charge on any atom is -0.465 e. The molecule has 208 valence electrons. The van der Waals surface area contributed by atoms with Crippen LogP contribution in [0.25, 0.3) is 10.8 Å². The summed E-state index contributed by atoms with van der Waals surface area (Å²) in [6.45, 7) is 1.47. The number of sulfonamides is 1. The van der Waals surface area contributed by atoms with Crippen molar-refractivity contribution in [2.75, 3.05) is 17.5 Å². The quantitative estimate of drug-likeness (QED) is 0.147. The first-order valence-electron chi connectivity index (χ1n) is 12.0. The summed E-state index contributed by atoms with van der Waals surface area (Å²) in [5.74, 6) is -1.05. The minimum absolute atomic E-state index is 0. The fourth-order valence-electron chi connectivity index (χ4n) is 3.96. The number of nitrogen functional groups attached to an aromatic ring is 1. The number of hydrogen-bond donors (Lipinski definition) is 3. The van der Waals surface area contributed by atoms with Gasteiger partial charge in [0.15, 0.2) is 5.03 Å². The van der Waals surface area contributed by atoms with Gasteiger partial charge in [-0.1, -0.05) is 48.5 Å². The molecule has 10 nitrogen and oxygen atoms in total. The van der Waals surface area contributed by atoms with Gasteiger partial charge in [-0.3, -0.25) is 19.3 Å². The zero-order chi connectivity index (χ0) is 28.0. The lowest BCUT2D eigenvalue weighted by Crippen LogP contribution is -2.37. The van der Waals surface area contributed by atoms with Gasteiger partial charge in [-0.25, -0.2) is 4.98 Å². The van der Waals surface area contributed by atoms with Crippen LogP contribution < -0.4 is 15.4 Å². The van der Waals surface area contributed by atoms with Gasteiger partial charge >= 0.3 is 5.97 Å². The molecule has 0 radical (unpaired) electrons. The number of rotatable bonds is 10. The molecule has 12 heteroatoms. The number of esters is 1. The van der Waals surface area contributed by atoms with Gasteiger partial charge in [0.05, 0.1) is 12.3 Å². The van der Waals surface area contributed by atoms with Crippen molar-refractivity contribution in [3.8, 4) is 0 Å². The van der Waals surface area contributed by atoms with Crippen LogP contribution in [0.4, 0.5) is 5.69 Å². The number of nitrogens with one attached hydrogen (secondary N) is 2. The first kappa shape index (κ1) is 30.1. The Balaban J connectivity index is 0.00000441. The van der Waals surface area contributed by atoms with Crippen LogP contribution in [0.1, 0.15) is 28.4 Å². The second-order valence-electron chi connectivity index (χ2n) is 8.49. The molecule has 4 aromatic rings. The first-order chi connectivity index (χ1) is 18.7. The Morgan fingerprint density at radius 3 is 2.42 bits per heavy atom. The molecule has 0 bridgehead atoms. The number of benzene rings is 3. The summed E-state index contributed by atoms with van der Waals surface area (Å²) >= 11 is 0. The summed E-state index contributed by atoms with van der Waals surface area (Å²) < 4.78 is 32.8. The van der Waals surface area contributed by atoms with Crippen molar-refractivity contribution in [1.82, 2.24) is 10.3 Å². The second-order valence-corrected chi connectivity index (χ2v) is 10.3. The van der Waals surface area contributed by atoms with E-state index in [1.54, 1.807) is 79.7 Å². The van der Waals surface area contributed by atoms with E-state index in [1.807, 2.05) is 0 Å². The lowest BCUT2D eigenvalue weighted by molar-refractivity contribution is -0.141. The van der Waals surface area contributed by atoms with Crippen molar-refractivity contribution in [3.63, 3.8) is 0 Å². The Hall–Kier alpha value is -4.48. The van der Waals surface area contributed by atoms with E-state index in [1.165, 1.54) is 12.3 Å². The monoisotopic (exact) mass is 581 g/mol. The molecule has 0 unspecified atom stereocenters. The molecule has 0 saturated carbocycles. The van der Waals surface area contributed by atoms with Gasteiger partial charge in [0.2, 0.25) is 0 Å². The number of halogens is 1.